The van der Waals surface area contributed by atoms with Gasteiger partial charge in [0.2, 0.25) is 0 Å². The van der Waals surface area contributed by atoms with Gasteiger partial charge in [-0.1, -0.05) is 254 Å². The van der Waals surface area contributed by atoms with Crippen LogP contribution in [0.25, 0.3) is 122 Å². The molecule has 81 heavy (non-hydrogen) atoms. The SMILES string of the molecule is Cc1ccc(-c2ccc(-c3ccc(-c4c(F)c(F)c(-c5ccc(-c6ccc(-c7ccc(-c8ccc(-c9ccc(-c%10c(F)c(F)c(-c%11ccc(-c%12ccccc%12)cc%11)c(F)c%10F)cc9)cc8)cc7)cc6)cc5)c(F)c4F)cc3)cc2)cc1. The van der Waals surface area contributed by atoms with E-state index in [2.05, 4.69) is 0 Å². The summed E-state index contributed by atoms with van der Waals surface area (Å²) >= 11 is 0. The average molecular weight is 1070 g/mol. The maximum absolute atomic E-state index is 15.8. The third-order valence-electron chi connectivity index (χ3n) is 14.9. The van der Waals surface area contributed by atoms with Gasteiger partial charge in [-0.15, -0.1) is 0 Å². The van der Waals surface area contributed by atoms with Crippen LogP contribution >= 0.6 is 0 Å². The summed E-state index contributed by atoms with van der Waals surface area (Å²) in [5.41, 5.74) is 10.3. The highest BCUT2D eigenvalue weighted by atomic mass is 19.2. The summed E-state index contributed by atoms with van der Waals surface area (Å²) in [5, 5.41) is 0. The van der Waals surface area contributed by atoms with Crippen LogP contribution in [0.4, 0.5) is 35.1 Å². The lowest BCUT2D eigenvalue weighted by atomic mass is 9.94. The molecule has 0 aromatic heterocycles. The average Bonchev–Trinajstić information content (AvgIpc) is 3.67. The number of hydrogen-bond acceptors (Lipinski definition) is 0. The van der Waals surface area contributed by atoms with Crippen LogP contribution in [0.3, 0.4) is 0 Å². The van der Waals surface area contributed by atoms with Crippen LogP contribution < -0.4 is 0 Å². The van der Waals surface area contributed by atoms with Crippen molar-refractivity contribution in [1.29, 1.82) is 0 Å². The van der Waals surface area contributed by atoms with Gasteiger partial charge in [0.05, 0.1) is 22.3 Å². The molecule has 0 radical (unpaired) electrons. The van der Waals surface area contributed by atoms with Crippen LogP contribution in [0.2, 0.25) is 0 Å². The molecule has 0 heterocycles. The predicted octanol–water partition coefficient (Wildman–Crippen LogP) is 21.4. The van der Waals surface area contributed by atoms with E-state index in [-0.39, 0.29) is 22.3 Å². The molecule has 0 aliphatic carbocycles. The Kier molecular flexibility index (Phi) is 13.9. The first-order valence-corrected chi connectivity index (χ1v) is 26.1. The van der Waals surface area contributed by atoms with E-state index in [0.29, 0.717) is 0 Å². The highest BCUT2D eigenvalue weighted by Crippen LogP contribution is 2.41. The van der Waals surface area contributed by atoms with Crippen LogP contribution in [0.5, 0.6) is 0 Å². The van der Waals surface area contributed by atoms with Crippen molar-refractivity contribution in [1.82, 2.24) is 0 Å². The van der Waals surface area contributed by atoms with E-state index in [0.717, 1.165) is 83.5 Å². The van der Waals surface area contributed by atoms with E-state index in [1.165, 1.54) is 48.5 Å². The van der Waals surface area contributed by atoms with E-state index in [1.807, 2.05) is 159 Å². The van der Waals surface area contributed by atoms with Gasteiger partial charge in [0.15, 0.2) is 46.5 Å². The van der Waals surface area contributed by atoms with E-state index < -0.39 is 68.8 Å². The fourth-order valence-electron chi connectivity index (χ4n) is 10.4. The zero-order valence-corrected chi connectivity index (χ0v) is 43.2. The molecule has 12 aromatic rings. The zero-order chi connectivity index (χ0) is 55.9. The molecule has 0 spiro atoms. The van der Waals surface area contributed by atoms with Crippen molar-refractivity contribution in [2.24, 2.45) is 0 Å². The van der Waals surface area contributed by atoms with Crippen LogP contribution in [0, 0.1) is 53.5 Å². The summed E-state index contributed by atoms with van der Waals surface area (Å²) in [7, 11) is 0. The standard InChI is InChI=1S/C73H44F8/c1-43-7-9-45(10-8-43)47-11-13-52(14-12-47)55-29-37-59(38-30-55)64-70(78)72(80)65(73(81)71(64)79)61-41-33-57(34-42-61)54-25-21-51(22-26-54)49-17-15-48(16-18-49)50-19-23-53(24-20-50)56-31-39-60(40-32-56)63-68(76)66(74)62(67(75)69(63)77)58-35-27-46(28-36-58)44-5-3-2-4-6-44/h2-42H,1H3. The van der Waals surface area contributed by atoms with Crippen molar-refractivity contribution >= 4 is 0 Å². The smallest absolute Gasteiger partial charge is 0.170 e. The Balaban J connectivity index is 0.692. The molecule has 0 aliphatic rings. The highest BCUT2D eigenvalue weighted by molar-refractivity contribution is 5.81. The highest BCUT2D eigenvalue weighted by Gasteiger charge is 2.29. The van der Waals surface area contributed by atoms with Crippen LogP contribution in [-0.4, -0.2) is 0 Å². The maximum Gasteiger partial charge on any atom is 0.170 e. The second kappa shape index (κ2) is 21.7. The lowest BCUT2D eigenvalue weighted by molar-refractivity contribution is 0.463. The molecule has 0 unspecified atom stereocenters. The molecule has 0 aliphatic heterocycles. The summed E-state index contributed by atoms with van der Waals surface area (Å²) in [5.74, 6) is -11.8. The first-order valence-electron chi connectivity index (χ1n) is 26.1. The van der Waals surface area contributed by atoms with Crippen molar-refractivity contribution in [3.05, 3.63) is 301 Å². The second-order valence-electron chi connectivity index (χ2n) is 19.9. The molecule has 0 bridgehead atoms. The number of aryl methyl sites for hydroxylation is 1. The zero-order valence-electron chi connectivity index (χ0n) is 43.2. The van der Waals surface area contributed by atoms with Gasteiger partial charge < -0.3 is 0 Å². The fraction of sp³-hybridized carbons (Fsp3) is 0.0137. The lowest BCUT2D eigenvalue weighted by Crippen LogP contribution is -2.03. The van der Waals surface area contributed by atoms with Gasteiger partial charge in [0, 0.05) is 0 Å². The topological polar surface area (TPSA) is 0 Å². The normalized spacial score (nSPS) is 11.3. The first kappa shape index (κ1) is 51.8. The number of halogens is 8. The Hall–Kier alpha value is -9.92. The molecule has 8 heteroatoms. The summed E-state index contributed by atoms with van der Waals surface area (Å²) in [6.45, 7) is 2.03. The van der Waals surface area contributed by atoms with Gasteiger partial charge in [-0.3, -0.25) is 0 Å². The summed E-state index contributed by atoms with van der Waals surface area (Å²) in [4.78, 5) is 0. The van der Waals surface area contributed by atoms with E-state index in [9.17, 15) is 0 Å². The van der Waals surface area contributed by atoms with Gasteiger partial charge in [-0.25, -0.2) is 35.1 Å². The molecule has 0 nitrogen and oxygen atoms in total. The van der Waals surface area contributed by atoms with Crippen molar-refractivity contribution < 1.29 is 35.1 Å². The van der Waals surface area contributed by atoms with Crippen molar-refractivity contribution in [2.75, 3.05) is 0 Å². The van der Waals surface area contributed by atoms with Crippen LogP contribution in [-0.2, 0) is 0 Å². The largest absolute Gasteiger partial charge is 0.203 e. The molecule has 0 saturated heterocycles. The second-order valence-corrected chi connectivity index (χ2v) is 19.9. The minimum atomic E-state index is -1.48. The van der Waals surface area contributed by atoms with E-state index in [4.69, 9.17) is 0 Å². The van der Waals surface area contributed by atoms with Gasteiger partial charge in [0.25, 0.3) is 0 Å². The minimum absolute atomic E-state index is 0.00180. The van der Waals surface area contributed by atoms with Crippen molar-refractivity contribution in [3.8, 4) is 122 Å². The monoisotopic (exact) mass is 1070 g/mol. The molecule has 0 saturated carbocycles. The van der Waals surface area contributed by atoms with Crippen LogP contribution in [0.15, 0.2) is 249 Å². The third kappa shape index (κ3) is 10.0. The van der Waals surface area contributed by atoms with Crippen molar-refractivity contribution in [2.45, 2.75) is 6.92 Å². The number of benzene rings is 12. The Labute approximate surface area is 463 Å². The summed E-state index contributed by atoms with van der Waals surface area (Å²) in [6, 6.07) is 73.6. The Morgan fingerprint density at radius 1 is 0.148 bits per heavy atom. The molecular formula is C73H44F8. The fourth-order valence-corrected chi connectivity index (χ4v) is 10.4. The first-order chi connectivity index (χ1) is 39.4. The van der Waals surface area contributed by atoms with Gasteiger partial charge in [0.1, 0.15) is 0 Å². The van der Waals surface area contributed by atoms with Crippen LogP contribution in [0.1, 0.15) is 5.56 Å². The molecule has 392 valence electrons. The predicted molar refractivity (Wildman–Crippen MR) is 311 cm³/mol. The van der Waals surface area contributed by atoms with Gasteiger partial charge >= 0.3 is 0 Å². The molecular weight excluding hydrogens is 1030 g/mol. The Bertz CT molecular complexity index is 4190. The molecule has 12 rings (SSSR count). The Morgan fingerprint density at radius 2 is 0.272 bits per heavy atom. The number of hydrogen-bond donors (Lipinski definition) is 0. The Morgan fingerprint density at radius 3 is 0.432 bits per heavy atom. The van der Waals surface area contributed by atoms with Crippen molar-refractivity contribution in [3.63, 3.8) is 0 Å². The van der Waals surface area contributed by atoms with E-state index >= 15 is 35.1 Å². The van der Waals surface area contributed by atoms with Gasteiger partial charge in [-0.05, 0) is 107 Å². The maximum atomic E-state index is 15.8. The molecule has 0 fully saturated rings. The lowest BCUT2D eigenvalue weighted by Gasteiger charge is -2.14. The van der Waals surface area contributed by atoms with E-state index in [1.54, 1.807) is 48.5 Å². The summed E-state index contributed by atoms with van der Waals surface area (Å²) < 4.78 is 126. The summed E-state index contributed by atoms with van der Waals surface area (Å²) in [6.07, 6.45) is 0. The molecule has 0 N–H and O–H groups in total. The third-order valence-corrected chi connectivity index (χ3v) is 14.9. The quantitative estimate of drug-likeness (QED) is 0.0894. The molecule has 12 aromatic carbocycles. The number of rotatable bonds is 11. The minimum Gasteiger partial charge on any atom is -0.203 e. The molecule has 0 atom stereocenters. The van der Waals surface area contributed by atoms with Gasteiger partial charge in [-0.2, -0.15) is 0 Å². The molecule has 0 amide bonds.